The maximum Gasteiger partial charge on any atom is 0.407 e. The Balaban J connectivity index is -0.000000142. The van der Waals surface area contributed by atoms with Crippen LogP contribution in [0.3, 0.4) is 0 Å². The number of benzene rings is 1. The highest BCUT2D eigenvalue weighted by Crippen LogP contribution is 2.06. The van der Waals surface area contributed by atoms with Gasteiger partial charge in [0.1, 0.15) is 24.5 Å². The van der Waals surface area contributed by atoms with Crippen molar-refractivity contribution in [2.75, 3.05) is 34.3 Å². The van der Waals surface area contributed by atoms with E-state index in [4.69, 9.17) is 15.6 Å². The molecule has 0 aliphatic heterocycles. The number of aliphatic hydroxyl groups excluding tert-OH is 1. The molecule has 0 aliphatic carbocycles. The molecule has 246 valence electrons. The number of rotatable bonds is 12. The number of carbonyl (C=O) groups is 4. The first kappa shape index (κ1) is 48.8. The molecule has 1 aromatic carbocycles. The molecule has 0 saturated heterocycles. The fraction of sp³-hybridized carbons (Fsp3) is 0.625. The van der Waals surface area contributed by atoms with Crippen LogP contribution in [-0.4, -0.2) is 82.0 Å². The summed E-state index contributed by atoms with van der Waals surface area (Å²) < 4.78 is 5.03. The topological polar surface area (TPSA) is 160 Å². The van der Waals surface area contributed by atoms with E-state index in [0.717, 1.165) is 50.8 Å². The molecule has 1 rings (SSSR count). The third-order valence-corrected chi connectivity index (χ3v) is 4.24. The van der Waals surface area contributed by atoms with Gasteiger partial charge in [0.25, 0.3) is 0 Å². The molecule has 0 aliphatic rings. The highest BCUT2D eigenvalue weighted by atomic mass is 16.6. The van der Waals surface area contributed by atoms with Crippen LogP contribution in [0.25, 0.3) is 0 Å². The van der Waals surface area contributed by atoms with Crippen LogP contribution in [0.4, 0.5) is 4.79 Å². The predicted octanol–water partition coefficient (Wildman–Crippen LogP) is 4.09. The van der Waals surface area contributed by atoms with Crippen molar-refractivity contribution in [3.8, 4) is 0 Å². The van der Waals surface area contributed by atoms with Gasteiger partial charge in [0.15, 0.2) is 0 Å². The average molecular weight is 599 g/mol. The van der Waals surface area contributed by atoms with E-state index in [0.29, 0.717) is 25.4 Å². The molecular formula is C32H62N4O6. The second-order valence-electron chi connectivity index (χ2n) is 10.1. The van der Waals surface area contributed by atoms with Crippen molar-refractivity contribution in [2.24, 2.45) is 11.7 Å². The minimum Gasteiger partial charge on any atom is -0.444 e. The van der Waals surface area contributed by atoms with Crippen LogP contribution in [0.5, 0.6) is 0 Å². The molecule has 0 heterocycles. The zero-order valence-electron chi connectivity index (χ0n) is 27.9. The number of ether oxygens (including phenoxy) is 1. The molecule has 0 aromatic heterocycles. The minimum atomic E-state index is -0.393. The van der Waals surface area contributed by atoms with Gasteiger partial charge in [-0.25, -0.2) is 4.79 Å². The number of aliphatic hydroxyl groups is 1. The highest BCUT2D eigenvalue weighted by Gasteiger charge is 2.15. The largest absolute Gasteiger partial charge is 0.444 e. The lowest BCUT2D eigenvalue weighted by molar-refractivity contribution is -0.110. The summed E-state index contributed by atoms with van der Waals surface area (Å²) in [5.41, 5.74) is 6.15. The third-order valence-electron chi connectivity index (χ3n) is 4.24. The zero-order chi connectivity index (χ0) is 33.8. The maximum absolute atomic E-state index is 11.0. The Labute approximate surface area is 256 Å². The molecule has 6 N–H and O–H groups in total. The standard InChI is InChI=1S/C9H19NO2.C9H11NO.C7H15NO.C3H7NO.C3H6.CH4O/c1-5-6-7-10-8(11)12-9(2,3)4;10-9(7-11)6-8-4-2-1-3-5-8;1-6(2)4-7(5-9)8-3;1-4-2-3-5;1-3-2;1-2/h5-7H2,1-4H3,(H,10,11);1-5,7,9H,6,10H2;5-8H,4H2,1-3H3;3-4H,2H2,1H3;3H,1H2,2H3;2H,1H3/t;9-;;;;/m.1..../s1. The van der Waals surface area contributed by atoms with Gasteiger partial charge in [-0.3, -0.25) is 0 Å². The molecule has 1 amide bonds. The number of hydrogen-bond donors (Lipinski definition) is 5. The molecular weight excluding hydrogens is 536 g/mol. The summed E-state index contributed by atoms with van der Waals surface area (Å²) in [6.45, 7) is 18.3. The summed E-state index contributed by atoms with van der Waals surface area (Å²) in [6, 6.07) is 9.42. The molecule has 2 atom stereocenters. The normalized spacial score (nSPS) is 10.7. The summed E-state index contributed by atoms with van der Waals surface area (Å²) >= 11 is 0. The number of nitrogens with two attached hydrogens (primary N) is 1. The maximum atomic E-state index is 11.0. The van der Waals surface area contributed by atoms with E-state index in [1.165, 1.54) is 0 Å². The van der Waals surface area contributed by atoms with Gasteiger partial charge < -0.3 is 45.9 Å². The van der Waals surface area contributed by atoms with Crippen molar-refractivity contribution in [3.63, 3.8) is 0 Å². The van der Waals surface area contributed by atoms with E-state index >= 15 is 0 Å². The first-order valence-corrected chi connectivity index (χ1v) is 14.3. The van der Waals surface area contributed by atoms with Crippen LogP contribution in [0, 0.1) is 5.92 Å². The summed E-state index contributed by atoms with van der Waals surface area (Å²) in [5, 5.41) is 15.2. The van der Waals surface area contributed by atoms with E-state index in [-0.39, 0.29) is 18.2 Å². The van der Waals surface area contributed by atoms with Crippen molar-refractivity contribution < 1.29 is 29.0 Å². The van der Waals surface area contributed by atoms with Crippen LogP contribution >= 0.6 is 0 Å². The minimum absolute atomic E-state index is 0.0463. The van der Waals surface area contributed by atoms with Crippen LogP contribution in [0.15, 0.2) is 43.0 Å². The van der Waals surface area contributed by atoms with Crippen molar-refractivity contribution in [1.82, 2.24) is 16.0 Å². The van der Waals surface area contributed by atoms with Gasteiger partial charge in [0, 0.05) is 13.7 Å². The summed E-state index contributed by atoms with van der Waals surface area (Å²) in [6.07, 6.45) is 7.61. The monoisotopic (exact) mass is 598 g/mol. The fourth-order valence-corrected chi connectivity index (χ4v) is 2.45. The Hall–Kier alpha value is -2.92. The number of amides is 1. The first-order chi connectivity index (χ1) is 19.8. The lowest BCUT2D eigenvalue weighted by atomic mass is 10.1. The SMILES string of the molecule is C=CC.CCCCNC(=O)OC(C)(C)C.CNC(C=O)CC(C)C.CNCC=O.CO.N[C@@H](C=O)Cc1ccccc1. The lowest BCUT2D eigenvalue weighted by Crippen LogP contribution is -2.32. The van der Waals surface area contributed by atoms with Crippen LogP contribution in [0.1, 0.15) is 73.3 Å². The fourth-order valence-electron chi connectivity index (χ4n) is 2.45. The van der Waals surface area contributed by atoms with Crippen molar-refractivity contribution in [2.45, 2.75) is 91.8 Å². The molecule has 0 radical (unpaired) electrons. The number of nitrogens with one attached hydrogen (secondary N) is 3. The second kappa shape index (κ2) is 38.1. The molecule has 0 spiro atoms. The van der Waals surface area contributed by atoms with Crippen molar-refractivity contribution in [3.05, 3.63) is 48.6 Å². The molecule has 0 bridgehead atoms. The van der Waals surface area contributed by atoms with Gasteiger partial charge in [0.05, 0.1) is 18.6 Å². The number of unbranched alkanes of at least 4 members (excludes halogenated alkanes) is 1. The van der Waals surface area contributed by atoms with Crippen LogP contribution < -0.4 is 21.7 Å². The van der Waals surface area contributed by atoms with E-state index in [9.17, 15) is 19.2 Å². The Morgan fingerprint density at radius 1 is 1.07 bits per heavy atom. The van der Waals surface area contributed by atoms with Gasteiger partial charge in [-0.1, -0.05) is 63.6 Å². The third kappa shape index (κ3) is 50.0. The smallest absolute Gasteiger partial charge is 0.407 e. The average Bonchev–Trinajstić information content (AvgIpc) is 2.94. The number of aldehydes is 3. The van der Waals surface area contributed by atoms with Gasteiger partial charge in [0.2, 0.25) is 0 Å². The number of allylic oxidation sites excluding steroid dienone is 1. The molecule has 42 heavy (non-hydrogen) atoms. The Morgan fingerprint density at radius 2 is 1.60 bits per heavy atom. The van der Waals surface area contributed by atoms with Crippen molar-refractivity contribution in [1.29, 1.82) is 0 Å². The van der Waals surface area contributed by atoms with Crippen LogP contribution in [-0.2, 0) is 25.5 Å². The van der Waals surface area contributed by atoms with Gasteiger partial charge in [-0.05, 0) is 72.5 Å². The highest BCUT2D eigenvalue weighted by molar-refractivity contribution is 5.67. The van der Waals surface area contributed by atoms with E-state index in [1.807, 2.05) is 58.0 Å². The molecule has 10 nitrogen and oxygen atoms in total. The van der Waals surface area contributed by atoms with Crippen LogP contribution in [0.2, 0.25) is 0 Å². The second-order valence-corrected chi connectivity index (χ2v) is 10.1. The van der Waals surface area contributed by atoms with E-state index in [1.54, 1.807) is 20.2 Å². The van der Waals surface area contributed by atoms with Gasteiger partial charge >= 0.3 is 6.09 Å². The van der Waals surface area contributed by atoms with Gasteiger partial charge in [-0.15, -0.1) is 6.58 Å². The first-order valence-electron chi connectivity index (χ1n) is 14.3. The summed E-state index contributed by atoms with van der Waals surface area (Å²) in [5.74, 6) is 0.590. The van der Waals surface area contributed by atoms with Crippen molar-refractivity contribution >= 4 is 25.0 Å². The quantitative estimate of drug-likeness (QED) is 0.136. The number of hydrogen-bond acceptors (Lipinski definition) is 9. The number of likely N-dealkylation sites (N-methyl/N-ethyl adjacent to an activating group) is 2. The molecule has 1 unspecified atom stereocenters. The number of carbonyl (C=O) groups excluding carboxylic acids is 4. The Morgan fingerprint density at radius 3 is 1.88 bits per heavy atom. The predicted molar refractivity (Wildman–Crippen MR) is 176 cm³/mol. The lowest BCUT2D eigenvalue weighted by Gasteiger charge is -2.19. The molecule has 10 heteroatoms. The molecule has 0 saturated carbocycles. The van der Waals surface area contributed by atoms with E-state index in [2.05, 4.69) is 43.3 Å². The Bertz CT molecular complexity index is 725. The summed E-state index contributed by atoms with van der Waals surface area (Å²) in [4.78, 5) is 40.7. The van der Waals surface area contributed by atoms with Gasteiger partial charge in [-0.2, -0.15) is 0 Å². The summed E-state index contributed by atoms with van der Waals surface area (Å²) in [7, 11) is 4.54. The number of alkyl carbamates (subject to hydrolysis) is 1. The molecule has 1 aromatic rings. The zero-order valence-corrected chi connectivity index (χ0v) is 27.9. The molecule has 0 fully saturated rings. The Kier molecular flexibility index (Phi) is 44.2. The van der Waals surface area contributed by atoms with E-state index < -0.39 is 5.60 Å².